The number of ether oxygens (including phenoxy) is 1. The lowest BCUT2D eigenvalue weighted by Crippen LogP contribution is -1.95. The molecule has 0 spiro atoms. The van der Waals surface area contributed by atoms with Gasteiger partial charge in [-0.2, -0.15) is 0 Å². The number of aromatic nitrogens is 2. The van der Waals surface area contributed by atoms with E-state index in [2.05, 4.69) is 27.3 Å². The van der Waals surface area contributed by atoms with Gasteiger partial charge in [-0.25, -0.2) is 9.97 Å². The maximum absolute atomic E-state index is 8.58. The molecule has 0 radical (unpaired) electrons. The molecule has 0 amide bonds. The summed E-state index contributed by atoms with van der Waals surface area (Å²) >= 11 is 17.6. The maximum atomic E-state index is 8.58. The zero-order valence-corrected chi connectivity index (χ0v) is 25.0. The zero-order chi connectivity index (χ0) is 29.5. The highest BCUT2D eigenvalue weighted by Crippen LogP contribution is 2.49. The molecule has 1 saturated carbocycles. The number of benzene rings is 3. The van der Waals surface area contributed by atoms with E-state index >= 15 is 0 Å². The van der Waals surface area contributed by atoms with Crippen LogP contribution in [0.2, 0.25) is 15.1 Å². The Morgan fingerprint density at radius 1 is 0.786 bits per heavy atom. The van der Waals surface area contributed by atoms with Crippen LogP contribution in [0.25, 0.3) is 22.9 Å². The molecular weight excluding hydrogens is 597 g/mol. The fourth-order valence-electron chi connectivity index (χ4n) is 4.47. The third-order valence-corrected chi connectivity index (χ3v) is 7.49. The minimum absolute atomic E-state index is 0.306. The second kappa shape index (κ2) is 14.0. The van der Waals surface area contributed by atoms with Crippen molar-refractivity contribution < 1.29 is 18.8 Å². The smallest absolute Gasteiger partial charge is 0.226 e. The van der Waals surface area contributed by atoms with Crippen LogP contribution in [0.1, 0.15) is 42.6 Å². The molecule has 42 heavy (non-hydrogen) atoms. The van der Waals surface area contributed by atoms with Gasteiger partial charge in [-0.3, -0.25) is 0 Å². The predicted molar refractivity (Wildman–Crippen MR) is 164 cm³/mol. The molecule has 7 nitrogen and oxygen atoms in total. The summed E-state index contributed by atoms with van der Waals surface area (Å²) in [6.45, 7) is 2.47. The van der Waals surface area contributed by atoms with Crippen molar-refractivity contribution in [3.8, 4) is 22.9 Å². The predicted octanol–water partition coefficient (Wildman–Crippen LogP) is 9.70. The van der Waals surface area contributed by atoms with Crippen LogP contribution in [0.15, 0.2) is 99.3 Å². The van der Waals surface area contributed by atoms with E-state index in [-0.39, 0.29) is 0 Å². The number of hydrogen-bond donors (Lipinski definition) is 1. The molecule has 0 saturated heterocycles. The molecule has 1 N–H and O–H groups in total. The fourth-order valence-corrected chi connectivity index (χ4v) is 4.85. The van der Waals surface area contributed by atoms with Crippen LogP contribution in [0.5, 0.6) is 0 Å². The highest BCUT2D eigenvalue weighted by atomic mass is 35.5. The first kappa shape index (κ1) is 29.9. The molecule has 1 aliphatic rings. The molecule has 216 valence electrons. The van der Waals surface area contributed by atoms with E-state index in [1.54, 1.807) is 36.8 Å². The summed E-state index contributed by atoms with van der Waals surface area (Å²) in [5.41, 5.74) is 5.26. The lowest BCUT2D eigenvalue weighted by atomic mass is 10.1. The summed E-state index contributed by atoms with van der Waals surface area (Å²) < 4.78 is 16.6. The molecule has 2 heterocycles. The van der Waals surface area contributed by atoms with Crippen LogP contribution in [0.3, 0.4) is 0 Å². The number of rotatable bonds is 9. The second-order valence-electron chi connectivity index (χ2n) is 9.99. The number of oxime groups is 1. The van der Waals surface area contributed by atoms with Crippen molar-refractivity contribution in [3.05, 3.63) is 117 Å². The van der Waals surface area contributed by atoms with Gasteiger partial charge in [0.1, 0.15) is 23.9 Å². The van der Waals surface area contributed by atoms with Gasteiger partial charge in [-0.1, -0.05) is 52.1 Å². The van der Waals surface area contributed by atoms with Crippen molar-refractivity contribution >= 4 is 40.5 Å². The number of nitrogens with zero attached hydrogens (tertiary/aromatic N) is 3. The van der Waals surface area contributed by atoms with Gasteiger partial charge in [0.15, 0.2) is 0 Å². The second-order valence-corrected chi connectivity index (χ2v) is 11.3. The molecule has 2 aromatic heterocycles. The van der Waals surface area contributed by atoms with Crippen molar-refractivity contribution in [3.63, 3.8) is 0 Å². The van der Waals surface area contributed by atoms with Crippen LogP contribution in [0.4, 0.5) is 0 Å². The molecule has 5 aromatic rings. The molecular formula is C32H28Cl3N3O4. The van der Waals surface area contributed by atoms with Gasteiger partial charge in [-0.05, 0) is 97.8 Å². The van der Waals surface area contributed by atoms with Gasteiger partial charge in [-0.15, -0.1) is 0 Å². The lowest BCUT2D eigenvalue weighted by Gasteiger charge is -2.00. The molecule has 0 bridgehead atoms. The monoisotopic (exact) mass is 623 g/mol. The van der Waals surface area contributed by atoms with Crippen LogP contribution < -0.4 is 0 Å². The van der Waals surface area contributed by atoms with Gasteiger partial charge in [0.05, 0.1) is 18.9 Å². The number of hydrogen-bond acceptors (Lipinski definition) is 7. The Bertz CT molecular complexity index is 1530. The summed E-state index contributed by atoms with van der Waals surface area (Å²) in [4.78, 5) is 8.82. The average molecular weight is 625 g/mol. The minimum Gasteiger partial charge on any atom is -0.444 e. The number of oxazole rings is 2. The van der Waals surface area contributed by atoms with Gasteiger partial charge in [0.2, 0.25) is 11.8 Å². The zero-order valence-electron chi connectivity index (χ0n) is 22.7. The third-order valence-electron chi connectivity index (χ3n) is 6.73. The first-order valence-electron chi connectivity index (χ1n) is 13.3. The van der Waals surface area contributed by atoms with Crippen molar-refractivity contribution in [2.45, 2.75) is 38.9 Å². The van der Waals surface area contributed by atoms with Crippen molar-refractivity contribution in [1.29, 1.82) is 0 Å². The van der Waals surface area contributed by atoms with Crippen molar-refractivity contribution in [1.82, 2.24) is 9.97 Å². The summed E-state index contributed by atoms with van der Waals surface area (Å²) in [5, 5.41) is 13.9. The Labute approximate surface area is 258 Å². The highest BCUT2D eigenvalue weighted by Gasteiger charge is 2.38. The number of halogens is 3. The van der Waals surface area contributed by atoms with E-state index in [1.165, 1.54) is 12.0 Å². The summed E-state index contributed by atoms with van der Waals surface area (Å²) in [5.74, 6) is 2.31. The van der Waals surface area contributed by atoms with E-state index in [9.17, 15) is 0 Å². The van der Waals surface area contributed by atoms with Gasteiger partial charge < -0.3 is 18.8 Å². The van der Waals surface area contributed by atoms with E-state index in [4.69, 9.17) is 53.6 Å². The average Bonchev–Trinajstić information content (AvgIpc) is 3.35. The summed E-state index contributed by atoms with van der Waals surface area (Å²) in [6.07, 6.45) is 5.23. The molecule has 0 aliphatic heterocycles. The molecule has 10 heteroatoms. The highest BCUT2D eigenvalue weighted by molar-refractivity contribution is 6.31. The van der Waals surface area contributed by atoms with Crippen LogP contribution >= 0.6 is 34.8 Å². The molecule has 1 fully saturated rings. The standard InChI is InChI=1S/C20H14Cl2N2O3.C12H14ClNO/c21-15-5-1-13(2-6-15)19-23-17(11-26-19)9-25-10-18-12-27-20(24-18)14-3-7-16(22)8-4-14;1-8(14-15)6-10-7-12(10)9-2-4-11(13)5-3-9/h1-8,11-12H,9-10H2;2-5,10,12,15H,6-7H2,1H3/b;14-8+. The third kappa shape index (κ3) is 8.23. The van der Waals surface area contributed by atoms with E-state index in [0.717, 1.165) is 28.3 Å². The van der Waals surface area contributed by atoms with Crippen LogP contribution in [-0.2, 0) is 18.0 Å². The normalized spacial score (nSPS) is 16.1. The molecule has 6 rings (SSSR count). The Morgan fingerprint density at radius 3 is 1.69 bits per heavy atom. The first-order chi connectivity index (χ1) is 20.4. The fraction of sp³-hybridized carbons (Fsp3) is 0.219. The first-order valence-corrected chi connectivity index (χ1v) is 14.4. The summed E-state index contributed by atoms with van der Waals surface area (Å²) in [6, 6.07) is 22.6. The van der Waals surface area contributed by atoms with Gasteiger partial charge in [0.25, 0.3) is 0 Å². The minimum atomic E-state index is 0.306. The topological polar surface area (TPSA) is 93.9 Å². The quantitative estimate of drug-likeness (QED) is 0.0997. The Kier molecular flexibility index (Phi) is 9.97. The van der Waals surface area contributed by atoms with Crippen LogP contribution in [-0.4, -0.2) is 20.9 Å². The SMILES string of the molecule is C/C(CC1CC1c1ccc(Cl)cc1)=N\O.Clc1ccc(-c2nc(COCc3coc(-c4ccc(Cl)cc4)n3)co2)cc1. The van der Waals surface area contributed by atoms with Crippen LogP contribution in [0, 0.1) is 5.92 Å². The Morgan fingerprint density at radius 2 is 1.24 bits per heavy atom. The summed E-state index contributed by atoms with van der Waals surface area (Å²) in [7, 11) is 0. The maximum Gasteiger partial charge on any atom is 0.226 e. The molecule has 3 aromatic carbocycles. The van der Waals surface area contributed by atoms with Gasteiger partial charge >= 0.3 is 0 Å². The lowest BCUT2D eigenvalue weighted by molar-refractivity contribution is 0.102. The molecule has 1 aliphatic carbocycles. The molecule has 2 unspecified atom stereocenters. The van der Waals surface area contributed by atoms with E-state index < -0.39 is 0 Å². The molecule has 2 atom stereocenters. The van der Waals surface area contributed by atoms with Crippen molar-refractivity contribution in [2.24, 2.45) is 11.1 Å². The van der Waals surface area contributed by atoms with E-state index in [1.807, 2.05) is 43.3 Å². The Balaban J connectivity index is 0.000000199. The van der Waals surface area contributed by atoms with Crippen molar-refractivity contribution in [2.75, 3.05) is 0 Å². The van der Waals surface area contributed by atoms with E-state index in [0.29, 0.717) is 58.3 Å². The Hall–Kier alpha value is -3.62. The largest absolute Gasteiger partial charge is 0.444 e. The van der Waals surface area contributed by atoms with Gasteiger partial charge in [0, 0.05) is 26.2 Å².